The van der Waals surface area contributed by atoms with E-state index in [1.807, 2.05) is 0 Å². The van der Waals surface area contributed by atoms with Crippen molar-refractivity contribution in [3.05, 3.63) is 54.3 Å². The van der Waals surface area contributed by atoms with Gasteiger partial charge in [0.15, 0.2) is 0 Å². The van der Waals surface area contributed by atoms with Gasteiger partial charge in [0.1, 0.15) is 5.82 Å². The molecule has 3 N–H and O–H groups in total. The molecule has 0 saturated carbocycles. The minimum Gasteiger partial charge on any atom is -0.324 e. The molecule has 94 valence electrons. The lowest BCUT2D eigenvalue weighted by molar-refractivity contribution is 0.595. The van der Waals surface area contributed by atoms with E-state index in [2.05, 4.69) is 5.43 Å². The molecule has 0 spiro atoms. The van der Waals surface area contributed by atoms with Crippen molar-refractivity contribution in [1.29, 1.82) is 0 Å². The van der Waals surface area contributed by atoms with Crippen LogP contribution in [0.4, 0.5) is 10.1 Å². The Morgan fingerprint density at radius 1 is 0.889 bits per heavy atom. The van der Waals surface area contributed by atoms with Gasteiger partial charge in [-0.15, -0.1) is 0 Å². The molecule has 0 amide bonds. The Morgan fingerprint density at radius 2 is 1.33 bits per heavy atom. The average molecular weight is 266 g/mol. The Hall–Kier alpha value is -1.92. The number of nitrogens with two attached hydrogens (primary N) is 1. The van der Waals surface area contributed by atoms with Crippen molar-refractivity contribution in [2.24, 2.45) is 5.84 Å². The maximum atomic E-state index is 12.8. The number of sulfone groups is 1. The van der Waals surface area contributed by atoms with Crippen LogP contribution in [-0.4, -0.2) is 8.42 Å². The predicted octanol–water partition coefficient (Wildman–Crippen LogP) is 1.94. The first-order chi connectivity index (χ1) is 8.54. The molecule has 4 nitrogen and oxygen atoms in total. The lowest BCUT2D eigenvalue weighted by atomic mass is 10.3. The fraction of sp³-hybridized carbons (Fsp3) is 0. The van der Waals surface area contributed by atoms with Crippen molar-refractivity contribution in [1.82, 2.24) is 0 Å². The monoisotopic (exact) mass is 266 g/mol. The summed E-state index contributed by atoms with van der Waals surface area (Å²) in [6.45, 7) is 0. The molecule has 2 rings (SSSR count). The van der Waals surface area contributed by atoms with Gasteiger partial charge in [0.2, 0.25) is 9.84 Å². The van der Waals surface area contributed by atoms with E-state index in [0.717, 1.165) is 12.1 Å². The molecule has 0 aliphatic heterocycles. The Balaban J connectivity index is 2.44. The van der Waals surface area contributed by atoms with E-state index in [1.165, 1.54) is 24.3 Å². The molecule has 0 aliphatic rings. The van der Waals surface area contributed by atoms with Crippen molar-refractivity contribution in [3.8, 4) is 0 Å². The van der Waals surface area contributed by atoms with E-state index in [1.54, 1.807) is 12.1 Å². The maximum Gasteiger partial charge on any atom is 0.206 e. The molecule has 0 bridgehead atoms. The van der Waals surface area contributed by atoms with Crippen molar-refractivity contribution >= 4 is 15.5 Å². The largest absolute Gasteiger partial charge is 0.324 e. The molecule has 0 unspecified atom stereocenters. The Kier molecular flexibility index (Phi) is 3.31. The summed E-state index contributed by atoms with van der Waals surface area (Å²) in [6, 6.07) is 10.7. The number of hydrazine groups is 1. The predicted molar refractivity (Wildman–Crippen MR) is 66.1 cm³/mol. The van der Waals surface area contributed by atoms with E-state index in [-0.39, 0.29) is 9.79 Å². The van der Waals surface area contributed by atoms with Gasteiger partial charge in [0.05, 0.1) is 9.79 Å². The number of rotatable bonds is 3. The van der Waals surface area contributed by atoms with Crippen LogP contribution in [-0.2, 0) is 9.84 Å². The van der Waals surface area contributed by atoms with Crippen LogP contribution >= 0.6 is 0 Å². The highest BCUT2D eigenvalue weighted by Gasteiger charge is 2.17. The number of hydrogen-bond acceptors (Lipinski definition) is 4. The zero-order chi connectivity index (χ0) is 13.2. The van der Waals surface area contributed by atoms with Crippen LogP contribution in [0.3, 0.4) is 0 Å². The Labute approximate surface area is 104 Å². The molecular formula is C12H11FN2O2S. The highest BCUT2D eigenvalue weighted by Crippen LogP contribution is 2.22. The molecule has 2 aromatic rings. The number of benzene rings is 2. The van der Waals surface area contributed by atoms with Gasteiger partial charge in [-0.1, -0.05) is 0 Å². The van der Waals surface area contributed by atoms with Crippen LogP contribution < -0.4 is 11.3 Å². The van der Waals surface area contributed by atoms with Crippen molar-refractivity contribution in [3.63, 3.8) is 0 Å². The Bertz CT molecular complexity index is 637. The van der Waals surface area contributed by atoms with Gasteiger partial charge in [0.25, 0.3) is 0 Å². The molecule has 0 heterocycles. The molecule has 0 aromatic heterocycles. The lowest BCUT2D eigenvalue weighted by Crippen LogP contribution is -2.07. The highest BCUT2D eigenvalue weighted by molar-refractivity contribution is 7.91. The molecular weight excluding hydrogens is 255 g/mol. The maximum absolute atomic E-state index is 12.8. The van der Waals surface area contributed by atoms with Gasteiger partial charge in [0, 0.05) is 5.69 Å². The summed E-state index contributed by atoms with van der Waals surface area (Å²) >= 11 is 0. The van der Waals surface area contributed by atoms with Gasteiger partial charge in [-0.3, -0.25) is 5.84 Å². The van der Waals surface area contributed by atoms with Crippen molar-refractivity contribution in [2.45, 2.75) is 9.79 Å². The van der Waals surface area contributed by atoms with E-state index >= 15 is 0 Å². The summed E-state index contributed by atoms with van der Waals surface area (Å²) in [6.07, 6.45) is 0. The van der Waals surface area contributed by atoms with Crippen LogP contribution in [0, 0.1) is 5.82 Å². The first-order valence-electron chi connectivity index (χ1n) is 5.11. The number of nitrogen functional groups attached to an aromatic ring is 1. The van der Waals surface area contributed by atoms with E-state index in [9.17, 15) is 12.8 Å². The van der Waals surface area contributed by atoms with Gasteiger partial charge in [-0.05, 0) is 48.5 Å². The molecule has 0 atom stereocenters. The van der Waals surface area contributed by atoms with Crippen LogP contribution in [0.5, 0.6) is 0 Å². The third kappa shape index (κ3) is 2.34. The van der Waals surface area contributed by atoms with E-state index in [4.69, 9.17) is 5.84 Å². The van der Waals surface area contributed by atoms with Gasteiger partial charge < -0.3 is 5.43 Å². The first-order valence-corrected chi connectivity index (χ1v) is 6.60. The summed E-state index contributed by atoms with van der Waals surface area (Å²) in [5, 5.41) is 0. The van der Waals surface area contributed by atoms with E-state index in [0.29, 0.717) is 5.69 Å². The molecule has 0 aliphatic carbocycles. The zero-order valence-electron chi connectivity index (χ0n) is 9.30. The third-order valence-electron chi connectivity index (χ3n) is 2.46. The van der Waals surface area contributed by atoms with Crippen LogP contribution in [0.15, 0.2) is 58.3 Å². The molecule has 0 radical (unpaired) electrons. The minimum absolute atomic E-state index is 0.0531. The summed E-state index contributed by atoms with van der Waals surface area (Å²) in [7, 11) is -3.62. The zero-order valence-corrected chi connectivity index (χ0v) is 10.1. The van der Waals surface area contributed by atoms with Crippen molar-refractivity contribution in [2.75, 3.05) is 5.43 Å². The molecule has 0 saturated heterocycles. The van der Waals surface area contributed by atoms with Crippen LogP contribution in [0.1, 0.15) is 0 Å². The molecule has 18 heavy (non-hydrogen) atoms. The number of halogens is 1. The topological polar surface area (TPSA) is 72.2 Å². The minimum atomic E-state index is -3.62. The summed E-state index contributed by atoms with van der Waals surface area (Å²) < 4.78 is 37.1. The SMILES string of the molecule is NNc1ccc(S(=O)(=O)c2ccc(F)cc2)cc1. The van der Waals surface area contributed by atoms with Crippen LogP contribution in [0.25, 0.3) is 0 Å². The summed E-state index contributed by atoms with van der Waals surface area (Å²) in [4.78, 5) is 0.186. The molecule has 2 aromatic carbocycles. The van der Waals surface area contributed by atoms with E-state index < -0.39 is 15.7 Å². The highest BCUT2D eigenvalue weighted by atomic mass is 32.2. The molecule has 0 fully saturated rings. The Morgan fingerprint density at radius 3 is 1.78 bits per heavy atom. The number of hydrogen-bond donors (Lipinski definition) is 2. The smallest absolute Gasteiger partial charge is 0.206 e. The fourth-order valence-electron chi connectivity index (χ4n) is 1.48. The second-order valence-electron chi connectivity index (χ2n) is 3.63. The quantitative estimate of drug-likeness (QED) is 0.506. The fourth-order valence-corrected chi connectivity index (χ4v) is 2.74. The second-order valence-corrected chi connectivity index (χ2v) is 5.58. The summed E-state index contributed by atoms with van der Waals surface area (Å²) in [5.41, 5.74) is 3.01. The average Bonchev–Trinajstić information content (AvgIpc) is 2.39. The number of nitrogens with one attached hydrogen (secondary N) is 1. The molecule has 6 heteroatoms. The number of anilines is 1. The van der Waals surface area contributed by atoms with Gasteiger partial charge in [-0.2, -0.15) is 0 Å². The van der Waals surface area contributed by atoms with Crippen molar-refractivity contribution < 1.29 is 12.8 Å². The van der Waals surface area contributed by atoms with Crippen LogP contribution in [0.2, 0.25) is 0 Å². The standard InChI is InChI=1S/C12H11FN2O2S/c13-9-1-5-11(6-2-9)18(16,17)12-7-3-10(15-14)4-8-12/h1-8,15H,14H2. The summed E-state index contributed by atoms with van der Waals surface area (Å²) in [5.74, 6) is 4.72. The second kappa shape index (κ2) is 4.75. The lowest BCUT2D eigenvalue weighted by Gasteiger charge is -2.05. The third-order valence-corrected chi connectivity index (χ3v) is 4.24. The first kappa shape index (κ1) is 12.5. The van der Waals surface area contributed by atoms with Gasteiger partial charge >= 0.3 is 0 Å². The normalized spacial score (nSPS) is 11.2. The van der Waals surface area contributed by atoms with Gasteiger partial charge in [-0.25, -0.2) is 12.8 Å².